The first-order valence-corrected chi connectivity index (χ1v) is 11.8. The van der Waals surface area contributed by atoms with Gasteiger partial charge in [0.1, 0.15) is 5.71 Å². The van der Waals surface area contributed by atoms with E-state index in [-0.39, 0.29) is 29.5 Å². The van der Waals surface area contributed by atoms with E-state index in [4.69, 9.17) is 4.99 Å². The van der Waals surface area contributed by atoms with Crippen LogP contribution in [0.4, 0.5) is 0 Å². The summed E-state index contributed by atoms with van der Waals surface area (Å²) >= 11 is 6.92. The van der Waals surface area contributed by atoms with Crippen molar-refractivity contribution in [2.45, 2.75) is 19.9 Å². The van der Waals surface area contributed by atoms with Crippen molar-refractivity contribution >= 4 is 77.1 Å². The molecule has 166 valence electrons. The lowest BCUT2D eigenvalue weighted by Crippen LogP contribution is -2.39. The van der Waals surface area contributed by atoms with Crippen LogP contribution in [-0.2, 0) is 4.79 Å². The summed E-state index contributed by atoms with van der Waals surface area (Å²) in [4.78, 5) is 42.2. The molecule has 3 heterocycles. The lowest BCUT2D eigenvalue weighted by atomic mass is 10.0. The lowest BCUT2D eigenvalue weighted by Gasteiger charge is -2.21. The number of nitrogens with one attached hydrogen (secondary N) is 1. The molecule has 1 unspecified atom stereocenters. The van der Waals surface area contributed by atoms with Gasteiger partial charge in [0.05, 0.1) is 17.1 Å². The van der Waals surface area contributed by atoms with E-state index in [9.17, 15) is 14.4 Å². The van der Waals surface area contributed by atoms with Gasteiger partial charge in [-0.2, -0.15) is 0 Å². The first-order chi connectivity index (χ1) is 15.7. The second-order valence-corrected chi connectivity index (χ2v) is 9.76. The predicted molar refractivity (Wildman–Crippen MR) is 134 cm³/mol. The minimum absolute atomic E-state index is 0.108. The molecule has 0 bridgehead atoms. The van der Waals surface area contributed by atoms with E-state index in [2.05, 4.69) is 37.2 Å². The number of hydrogen-bond acceptors (Lipinski definition) is 4. The number of nitrogens with zero attached hydrogens (tertiary/aromatic N) is 3. The summed E-state index contributed by atoms with van der Waals surface area (Å²) in [6, 6.07) is 11.0. The Morgan fingerprint density at radius 3 is 2.15 bits per heavy atom. The highest BCUT2D eigenvalue weighted by Crippen LogP contribution is 2.33. The molecule has 0 aliphatic carbocycles. The topological polar surface area (TPSA) is 85.5 Å². The van der Waals surface area contributed by atoms with Gasteiger partial charge in [-0.25, -0.2) is 0 Å². The third-order valence-corrected chi connectivity index (χ3v) is 6.80. The summed E-state index contributed by atoms with van der Waals surface area (Å²) in [6.45, 7) is 3.30. The summed E-state index contributed by atoms with van der Waals surface area (Å²) in [7, 11) is 0. The zero-order valence-corrected chi connectivity index (χ0v) is 20.9. The van der Waals surface area contributed by atoms with Crippen LogP contribution in [0.3, 0.4) is 0 Å². The Balaban J connectivity index is 1.70. The number of hydrogen-bond donors (Lipinski definition) is 1. The summed E-state index contributed by atoms with van der Waals surface area (Å²) < 4.78 is 4.82. The van der Waals surface area contributed by atoms with Crippen molar-refractivity contribution in [1.29, 1.82) is 0 Å². The van der Waals surface area contributed by atoms with E-state index >= 15 is 0 Å². The summed E-state index contributed by atoms with van der Waals surface area (Å²) in [5, 5.41) is 4.59. The Morgan fingerprint density at radius 2 is 1.52 bits per heavy atom. The van der Waals surface area contributed by atoms with Gasteiger partial charge >= 0.3 is 0 Å². The van der Waals surface area contributed by atoms with Gasteiger partial charge in [-0.3, -0.25) is 28.5 Å². The molecule has 1 aliphatic heterocycles. The van der Waals surface area contributed by atoms with Crippen molar-refractivity contribution in [3.63, 3.8) is 0 Å². The molecule has 4 aromatic rings. The normalized spacial score (nSPS) is 16.2. The molecule has 0 radical (unpaired) electrons. The van der Waals surface area contributed by atoms with Crippen LogP contribution in [0.1, 0.15) is 40.6 Å². The molecule has 0 spiro atoms. The molecule has 1 amide bonds. The van der Waals surface area contributed by atoms with Crippen molar-refractivity contribution < 1.29 is 14.4 Å². The minimum atomic E-state index is -0.381. The van der Waals surface area contributed by atoms with Crippen LogP contribution in [0.5, 0.6) is 0 Å². The fourth-order valence-electron chi connectivity index (χ4n) is 4.31. The lowest BCUT2D eigenvalue weighted by molar-refractivity contribution is -0.115. The SMILES string of the molecule is CC(=O)n1cc(C2=NC(c3cn(C(C)=O)c4cc(Br)ccc34)CNC2=O)c2ccc(Br)cc21. The largest absolute Gasteiger partial charge is 0.348 e. The van der Waals surface area contributed by atoms with Crippen LogP contribution in [-0.4, -0.2) is 39.1 Å². The Morgan fingerprint density at radius 1 is 0.939 bits per heavy atom. The maximum Gasteiger partial charge on any atom is 0.270 e. The number of carbonyl (C=O) groups is 3. The first-order valence-electron chi connectivity index (χ1n) is 10.2. The Hall–Kier alpha value is -3.04. The third-order valence-electron chi connectivity index (χ3n) is 5.81. The van der Waals surface area contributed by atoms with Gasteiger partial charge < -0.3 is 5.32 Å². The number of aromatic nitrogens is 2. The molecular weight excluding hydrogens is 552 g/mol. The van der Waals surface area contributed by atoms with E-state index in [1.165, 1.54) is 18.4 Å². The van der Waals surface area contributed by atoms with E-state index in [0.717, 1.165) is 30.8 Å². The van der Waals surface area contributed by atoms with Crippen LogP contribution < -0.4 is 5.32 Å². The molecule has 1 atom stereocenters. The molecule has 5 rings (SSSR count). The zero-order chi connectivity index (χ0) is 23.4. The van der Waals surface area contributed by atoms with Gasteiger partial charge in [0, 0.05) is 63.6 Å². The molecule has 0 fully saturated rings. The molecule has 2 aromatic heterocycles. The quantitative estimate of drug-likeness (QED) is 0.364. The van der Waals surface area contributed by atoms with Crippen molar-refractivity contribution in [3.8, 4) is 0 Å². The highest BCUT2D eigenvalue weighted by molar-refractivity contribution is 9.10. The van der Waals surface area contributed by atoms with Gasteiger partial charge in [-0.1, -0.05) is 44.0 Å². The average Bonchev–Trinajstić information content (AvgIpc) is 3.32. The number of carbonyl (C=O) groups excluding carboxylic acids is 3. The fourth-order valence-corrected chi connectivity index (χ4v) is 5.00. The molecular formula is C24H18Br2N4O3. The van der Waals surface area contributed by atoms with E-state index in [0.29, 0.717) is 17.6 Å². The number of amides is 1. The molecule has 1 aliphatic rings. The molecule has 2 aromatic carbocycles. The summed E-state index contributed by atoms with van der Waals surface area (Å²) in [5.41, 5.74) is 3.18. The maximum absolute atomic E-state index is 12.9. The predicted octanol–water partition coefficient (Wildman–Crippen LogP) is 5.10. The average molecular weight is 570 g/mol. The first kappa shape index (κ1) is 21.8. The fraction of sp³-hybridized carbons (Fsp3) is 0.167. The van der Waals surface area contributed by atoms with E-state index < -0.39 is 0 Å². The molecule has 1 N–H and O–H groups in total. The Labute approximate surface area is 205 Å². The van der Waals surface area contributed by atoms with Crippen molar-refractivity contribution in [1.82, 2.24) is 14.5 Å². The van der Waals surface area contributed by atoms with Crippen molar-refractivity contribution in [2.24, 2.45) is 4.99 Å². The number of benzene rings is 2. The van der Waals surface area contributed by atoms with Gasteiger partial charge in [0.15, 0.2) is 0 Å². The van der Waals surface area contributed by atoms with Crippen LogP contribution >= 0.6 is 31.9 Å². The molecule has 0 saturated carbocycles. The number of rotatable bonds is 2. The highest BCUT2D eigenvalue weighted by atomic mass is 79.9. The third kappa shape index (κ3) is 3.65. The number of aliphatic imine (C=N–C) groups is 1. The zero-order valence-electron chi connectivity index (χ0n) is 17.7. The highest BCUT2D eigenvalue weighted by Gasteiger charge is 2.29. The van der Waals surface area contributed by atoms with Gasteiger partial charge in [-0.05, 0) is 24.3 Å². The van der Waals surface area contributed by atoms with E-state index in [1.54, 1.807) is 17.0 Å². The molecule has 33 heavy (non-hydrogen) atoms. The second-order valence-electron chi connectivity index (χ2n) is 7.93. The van der Waals surface area contributed by atoms with Gasteiger partial charge in [0.2, 0.25) is 11.8 Å². The summed E-state index contributed by atoms with van der Waals surface area (Å²) in [6.07, 6.45) is 3.45. The van der Waals surface area contributed by atoms with Crippen LogP contribution in [0, 0.1) is 0 Å². The van der Waals surface area contributed by atoms with E-state index in [1.807, 2.05) is 36.4 Å². The summed E-state index contributed by atoms with van der Waals surface area (Å²) in [5.74, 6) is -0.564. The smallest absolute Gasteiger partial charge is 0.270 e. The van der Waals surface area contributed by atoms with Crippen molar-refractivity contribution in [2.75, 3.05) is 6.54 Å². The second kappa shape index (κ2) is 8.07. The standard InChI is InChI=1S/C24H18Br2N4O3/c1-12(31)29-10-18(16-5-3-14(25)7-21(16)29)20-9-27-24(33)23(28-20)19-11-30(13(2)32)22-8-15(26)4-6-17(19)22/h3-8,10-11,20H,9H2,1-2H3,(H,27,33). The van der Waals surface area contributed by atoms with Gasteiger partial charge in [0.25, 0.3) is 5.91 Å². The monoisotopic (exact) mass is 568 g/mol. The van der Waals surface area contributed by atoms with Crippen molar-refractivity contribution in [3.05, 3.63) is 68.9 Å². The minimum Gasteiger partial charge on any atom is -0.348 e. The number of fused-ring (bicyclic) bond motifs is 2. The van der Waals surface area contributed by atoms with Crippen LogP contribution in [0.2, 0.25) is 0 Å². The number of halogens is 2. The van der Waals surface area contributed by atoms with Crippen LogP contribution in [0.15, 0.2) is 62.7 Å². The van der Waals surface area contributed by atoms with Crippen LogP contribution in [0.25, 0.3) is 21.8 Å². The van der Waals surface area contributed by atoms with Gasteiger partial charge in [-0.15, -0.1) is 0 Å². The Bertz CT molecular complexity index is 1530. The Kier molecular flexibility index (Phi) is 5.33. The maximum atomic E-state index is 12.9. The molecule has 9 heteroatoms. The molecule has 7 nitrogen and oxygen atoms in total. The molecule has 0 saturated heterocycles.